The van der Waals surface area contributed by atoms with E-state index in [2.05, 4.69) is 4.98 Å². The number of carboxylic acids is 1. The third-order valence-corrected chi connectivity index (χ3v) is 2.52. The standard InChI is InChI=1S/C13H10FNO3/c1-18-8-2-3-12(14)10(6-8)11-7-15-5-4-9(11)13(16)17/h2-7H,1H3,(H,16,17). The van der Waals surface area contributed by atoms with Gasteiger partial charge in [0.2, 0.25) is 0 Å². The summed E-state index contributed by atoms with van der Waals surface area (Å²) >= 11 is 0. The summed E-state index contributed by atoms with van der Waals surface area (Å²) < 4.78 is 18.8. The van der Waals surface area contributed by atoms with E-state index in [4.69, 9.17) is 9.84 Å². The highest BCUT2D eigenvalue weighted by Crippen LogP contribution is 2.29. The van der Waals surface area contributed by atoms with E-state index in [1.54, 1.807) is 0 Å². The van der Waals surface area contributed by atoms with Crippen LogP contribution in [0.2, 0.25) is 0 Å². The fraction of sp³-hybridized carbons (Fsp3) is 0.0769. The maximum Gasteiger partial charge on any atom is 0.336 e. The Morgan fingerprint density at radius 1 is 1.33 bits per heavy atom. The minimum atomic E-state index is -1.13. The minimum absolute atomic E-state index is 0.00264. The van der Waals surface area contributed by atoms with Crippen LogP contribution in [-0.4, -0.2) is 23.2 Å². The van der Waals surface area contributed by atoms with Gasteiger partial charge in [0.1, 0.15) is 11.6 Å². The molecule has 0 fully saturated rings. The quantitative estimate of drug-likeness (QED) is 0.905. The number of pyridine rings is 1. The van der Waals surface area contributed by atoms with Crippen LogP contribution in [0.4, 0.5) is 4.39 Å². The molecule has 2 rings (SSSR count). The van der Waals surface area contributed by atoms with Gasteiger partial charge in [-0.3, -0.25) is 4.98 Å². The first-order valence-corrected chi connectivity index (χ1v) is 5.14. The molecule has 0 saturated heterocycles. The molecule has 1 aromatic carbocycles. The Balaban J connectivity index is 2.65. The van der Waals surface area contributed by atoms with Gasteiger partial charge < -0.3 is 9.84 Å². The lowest BCUT2D eigenvalue weighted by atomic mass is 10.0. The Morgan fingerprint density at radius 2 is 2.11 bits per heavy atom. The second-order valence-corrected chi connectivity index (χ2v) is 3.57. The van der Waals surface area contributed by atoms with Crippen molar-refractivity contribution in [1.29, 1.82) is 0 Å². The lowest BCUT2D eigenvalue weighted by molar-refractivity contribution is 0.0697. The smallest absolute Gasteiger partial charge is 0.336 e. The lowest BCUT2D eigenvalue weighted by Crippen LogP contribution is -2.01. The van der Waals surface area contributed by atoms with Crippen LogP contribution in [0.5, 0.6) is 5.75 Å². The molecule has 0 saturated carbocycles. The molecule has 2 aromatic rings. The van der Waals surface area contributed by atoms with Gasteiger partial charge in [0.25, 0.3) is 0 Å². The molecule has 1 heterocycles. The number of methoxy groups -OCH3 is 1. The molecule has 5 heteroatoms. The van der Waals surface area contributed by atoms with Crippen LogP contribution in [-0.2, 0) is 0 Å². The third kappa shape index (κ3) is 2.15. The number of benzene rings is 1. The van der Waals surface area contributed by atoms with Crippen LogP contribution < -0.4 is 4.74 Å². The zero-order valence-electron chi connectivity index (χ0n) is 9.55. The summed E-state index contributed by atoms with van der Waals surface area (Å²) in [6.07, 6.45) is 2.67. The van der Waals surface area contributed by atoms with Gasteiger partial charge in [0.05, 0.1) is 12.7 Å². The number of nitrogens with zero attached hydrogens (tertiary/aromatic N) is 1. The number of hydrogen-bond donors (Lipinski definition) is 1. The van der Waals surface area contributed by atoms with Gasteiger partial charge in [-0.25, -0.2) is 9.18 Å². The average Bonchev–Trinajstić information content (AvgIpc) is 2.39. The van der Waals surface area contributed by atoms with Gasteiger partial charge in [-0.2, -0.15) is 0 Å². The van der Waals surface area contributed by atoms with Crippen molar-refractivity contribution in [2.24, 2.45) is 0 Å². The molecule has 0 bridgehead atoms. The fourth-order valence-corrected chi connectivity index (χ4v) is 1.63. The van der Waals surface area contributed by atoms with Crippen LogP contribution in [0.3, 0.4) is 0 Å². The van der Waals surface area contributed by atoms with E-state index in [9.17, 15) is 9.18 Å². The highest BCUT2D eigenvalue weighted by Gasteiger charge is 2.15. The fourth-order valence-electron chi connectivity index (χ4n) is 1.63. The van der Waals surface area contributed by atoms with Crippen molar-refractivity contribution in [3.63, 3.8) is 0 Å². The number of carboxylic acid groups (broad SMARTS) is 1. The monoisotopic (exact) mass is 247 g/mol. The first kappa shape index (κ1) is 12.0. The number of halogens is 1. The number of ether oxygens (including phenoxy) is 1. The number of aromatic carboxylic acids is 1. The summed E-state index contributed by atoms with van der Waals surface area (Å²) in [5.41, 5.74) is 0.374. The van der Waals surface area contributed by atoms with Gasteiger partial charge in [-0.1, -0.05) is 0 Å². The van der Waals surface area contributed by atoms with E-state index in [0.29, 0.717) is 5.75 Å². The summed E-state index contributed by atoms with van der Waals surface area (Å²) in [5.74, 6) is -1.20. The van der Waals surface area contributed by atoms with Crippen molar-refractivity contribution >= 4 is 5.97 Å². The van der Waals surface area contributed by atoms with E-state index >= 15 is 0 Å². The third-order valence-electron chi connectivity index (χ3n) is 2.52. The van der Waals surface area contributed by atoms with Crippen LogP contribution in [0.25, 0.3) is 11.1 Å². The first-order valence-electron chi connectivity index (χ1n) is 5.14. The van der Waals surface area contributed by atoms with Gasteiger partial charge in [-0.15, -0.1) is 0 Å². The van der Waals surface area contributed by atoms with Gasteiger partial charge >= 0.3 is 5.97 Å². The molecule has 0 unspecified atom stereocenters. The molecular weight excluding hydrogens is 237 g/mol. The highest BCUT2D eigenvalue weighted by atomic mass is 19.1. The SMILES string of the molecule is COc1ccc(F)c(-c2cnccc2C(=O)O)c1. The summed E-state index contributed by atoms with van der Waals surface area (Å²) in [6.45, 7) is 0. The Kier molecular flexibility index (Phi) is 3.23. The number of rotatable bonds is 3. The van der Waals surface area contributed by atoms with Crippen LogP contribution >= 0.6 is 0 Å². The zero-order valence-corrected chi connectivity index (χ0v) is 9.55. The number of aromatic nitrogens is 1. The van der Waals surface area contributed by atoms with Crippen molar-refractivity contribution in [3.05, 3.63) is 48.0 Å². The maximum absolute atomic E-state index is 13.8. The van der Waals surface area contributed by atoms with E-state index in [0.717, 1.165) is 0 Å². The highest BCUT2D eigenvalue weighted by molar-refractivity contribution is 5.95. The van der Waals surface area contributed by atoms with Crippen molar-refractivity contribution < 1.29 is 19.0 Å². The topological polar surface area (TPSA) is 59.4 Å². The summed E-state index contributed by atoms with van der Waals surface area (Å²) in [7, 11) is 1.46. The largest absolute Gasteiger partial charge is 0.497 e. The molecule has 0 aliphatic heterocycles. The molecule has 0 amide bonds. The number of hydrogen-bond acceptors (Lipinski definition) is 3. The Hall–Kier alpha value is -2.43. The van der Waals surface area contributed by atoms with Crippen molar-refractivity contribution in [2.75, 3.05) is 7.11 Å². The second-order valence-electron chi connectivity index (χ2n) is 3.57. The van der Waals surface area contributed by atoms with E-state index in [-0.39, 0.29) is 16.7 Å². The van der Waals surface area contributed by atoms with Crippen LogP contribution in [0, 0.1) is 5.82 Å². The summed E-state index contributed by atoms with van der Waals surface area (Å²) in [5, 5.41) is 9.06. The van der Waals surface area contributed by atoms with Crippen LogP contribution in [0.15, 0.2) is 36.7 Å². The van der Waals surface area contributed by atoms with Crippen molar-refractivity contribution in [3.8, 4) is 16.9 Å². The summed E-state index contributed by atoms with van der Waals surface area (Å²) in [4.78, 5) is 14.9. The molecule has 0 aliphatic carbocycles. The Bertz CT molecular complexity index is 599. The molecular formula is C13H10FNO3. The average molecular weight is 247 g/mol. The molecule has 0 radical (unpaired) electrons. The molecule has 18 heavy (non-hydrogen) atoms. The molecule has 0 atom stereocenters. The Labute approximate surface area is 103 Å². The maximum atomic E-state index is 13.8. The second kappa shape index (κ2) is 4.83. The molecule has 1 N–H and O–H groups in total. The van der Waals surface area contributed by atoms with E-state index in [1.807, 2.05) is 0 Å². The van der Waals surface area contributed by atoms with E-state index in [1.165, 1.54) is 43.8 Å². The van der Waals surface area contributed by atoms with Crippen LogP contribution in [0.1, 0.15) is 10.4 Å². The van der Waals surface area contributed by atoms with Gasteiger partial charge in [0.15, 0.2) is 0 Å². The molecule has 92 valence electrons. The molecule has 0 aliphatic rings. The Morgan fingerprint density at radius 3 is 2.78 bits per heavy atom. The van der Waals surface area contributed by atoms with Crippen molar-refractivity contribution in [1.82, 2.24) is 4.98 Å². The minimum Gasteiger partial charge on any atom is -0.497 e. The van der Waals surface area contributed by atoms with Crippen molar-refractivity contribution in [2.45, 2.75) is 0 Å². The predicted octanol–water partition coefficient (Wildman–Crippen LogP) is 2.59. The summed E-state index contributed by atoms with van der Waals surface area (Å²) in [6, 6.07) is 5.47. The number of carbonyl (C=O) groups is 1. The van der Waals surface area contributed by atoms with Gasteiger partial charge in [-0.05, 0) is 24.3 Å². The normalized spacial score (nSPS) is 10.1. The first-order chi connectivity index (χ1) is 8.63. The zero-order chi connectivity index (χ0) is 13.1. The van der Waals surface area contributed by atoms with Gasteiger partial charge in [0, 0.05) is 23.5 Å². The molecule has 1 aromatic heterocycles. The molecule has 0 spiro atoms. The lowest BCUT2D eigenvalue weighted by Gasteiger charge is -2.08. The van der Waals surface area contributed by atoms with E-state index < -0.39 is 11.8 Å². The predicted molar refractivity (Wildman–Crippen MR) is 63.1 cm³/mol. The molecule has 4 nitrogen and oxygen atoms in total.